The first-order valence-corrected chi connectivity index (χ1v) is 12.5. The predicted octanol–water partition coefficient (Wildman–Crippen LogP) is 4.04. The Morgan fingerprint density at radius 2 is 1.72 bits per heavy atom. The van der Waals surface area contributed by atoms with E-state index in [9.17, 15) is 9.90 Å². The van der Waals surface area contributed by atoms with E-state index < -0.39 is 0 Å². The highest BCUT2D eigenvalue weighted by Crippen LogP contribution is 2.43. The van der Waals surface area contributed by atoms with Crippen LogP contribution in [0.15, 0.2) is 82.1 Å². The van der Waals surface area contributed by atoms with Crippen LogP contribution in [-0.4, -0.2) is 23.9 Å². The lowest BCUT2D eigenvalue weighted by Gasteiger charge is -2.31. The maximum absolute atomic E-state index is 13.9. The van der Waals surface area contributed by atoms with Crippen molar-refractivity contribution in [2.45, 2.75) is 18.9 Å². The molecule has 1 N–H and O–H groups in total. The lowest BCUT2D eigenvalue weighted by molar-refractivity contribution is 0.373. The molecule has 0 radical (unpaired) electrons. The van der Waals surface area contributed by atoms with Gasteiger partial charge in [-0.15, -0.1) is 0 Å². The number of rotatable bonds is 4. The average Bonchev–Trinajstić information content (AvgIpc) is 3.23. The number of ether oxygens (including phenoxy) is 2. The highest BCUT2D eigenvalue weighted by Gasteiger charge is 2.34. The lowest BCUT2D eigenvalue weighted by Crippen LogP contribution is -2.39. The van der Waals surface area contributed by atoms with Gasteiger partial charge in [-0.05, 0) is 42.2 Å². The number of allylic oxidation sites excluding steroid dienone is 1. The summed E-state index contributed by atoms with van der Waals surface area (Å²) >= 11 is 1.32. The highest BCUT2D eigenvalue weighted by molar-refractivity contribution is 7.07. The van der Waals surface area contributed by atoms with Crippen LogP contribution in [0.4, 0.5) is 0 Å². The summed E-state index contributed by atoms with van der Waals surface area (Å²) in [7, 11) is 3.15. The summed E-state index contributed by atoms with van der Waals surface area (Å²) in [5.74, 6) is 1.09. The molecule has 0 saturated carbocycles. The molecule has 1 unspecified atom stereocenters. The molecule has 0 amide bonds. The van der Waals surface area contributed by atoms with Crippen molar-refractivity contribution in [1.29, 1.82) is 0 Å². The van der Waals surface area contributed by atoms with Gasteiger partial charge in [-0.2, -0.15) is 0 Å². The van der Waals surface area contributed by atoms with E-state index >= 15 is 0 Å². The Hall–Kier alpha value is -4.10. The zero-order valence-corrected chi connectivity index (χ0v) is 20.7. The molecule has 0 bridgehead atoms. The van der Waals surface area contributed by atoms with Gasteiger partial charge in [-0.3, -0.25) is 9.36 Å². The van der Waals surface area contributed by atoms with Crippen LogP contribution >= 0.6 is 11.3 Å². The van der Waals surface area contributed by atoms with E-state index in [0.29, 0.717) is 20.6 Å². The molecule has 1 aliphatic heterocycles. The maximum atomic E-state index is 13.9. The zero-order chi connectivity index (χ0) is 24.8. The predicted molar refractivity (Wildman–Crippen MR) is 140 cm³/mol. The topological polar surface area (TPSA) is 73.1 Å². The number of aryl methyl sites for hydroxylation is 1. The minimum absolute atomic E-state index is 0.000311. The molecule has 0 spiro atoms. The molecule has 3 aromatic carbocycles. The van der Waals surface area contributed by atoms with Gasteiger partial charge in [-0.25, -0.2) is 4.99 Å². The first-order valence-electron chi connectivity index (χ1n) is 11.7. The van der Waals surface area contributed by atoms with E-state index in [1.807, 2.05) is 30.3 Å². The van der Waals surface area contributed by atoms with Crippen molar-refractivity contribution >= 4 is 23.1 Å². The zero-order valence-electron chi connectivity index (χ0n) is 19.9. The van der Waals surface area contributed by atoms with Gasteiger partial charge in [0.2, 0.25) is 0 Å². The van der Waals surface area contributed by atoms with Crippen molar-refractivity contribution in [3.63, 3.8) is 0 Å². The van der Waals surface area contributed by atoms with Gasteiger partial charge in [0.25, 0.3) is 5.56 Å². The number of phenols is 1. The number of fused-ring (bicyclic) bond motifs is 3. The average molecular weight is 497 g/mol. The monoisotopic (exact) mass is 496 g/mol. The second-order valence-corrected chi connectivity index (χ2v) is 9.76. The molecule has 6 rings (SSSR count). The molecule has 180 valence electrons. The Morgan fingerprint density at radius 3 is 2.56 bits per heavy atom. The molecule has 6 nitrogen and oxygen atoms in total. The van der Waals surface area contributed by atoms with Crippen molar-refractivity contribution in [2.75, 3.05) is 14.2 Å². The number of phenolic OH excluding ortho intramolecular Hbond substituents is 1. The summed E-state index contributed by atoms with van der Waals surface area (Å²) in [5, 5.41) is 10.6. The number of aromatic hydroxyl groups is 1. The number of hydrogen-bond donors (Lipinski definition) is 1. The fraction of sp³-hybridized carbons (Fsp3) is 0.172. The number of para-hydroxylation sites is 2. The van der Waals surface area contributed by atoms with E-state index in [2.05, 4.69) is 18.2 Å². The number of benzene rings is 3. The number of thiazole rings is 1. The smallest absolute Gasteiger partial charge is 0.271 e. The molecule has 0 saturated heterocycles. The van der Waals surface area contributed by atoms with Gasteiger partial charge >= 0.3 is 0 Å². The number of hydrogen-bond acceptors (Lipinski definition) is 6. The van der Waals surface area contributed by atoms with Gasteiger partial charge in [0.1, 0.15) is 5.75 Å². The van der Waals surface area contributed by atoms with Gasteiger partial charge in [0, 0.05) is 16.7 Å². The molecule has 2 aliphatic rings. The molecular weight excluding hydrogens is 472 g/mol. The second kappa shape index (κ2) is 8.84. The molecule has 2 heterocycles. The molecule has 1 atom stereocenters. The molecule has 36 heavy (non-hydrogen) atoms. The van der Waals surface area contributed by atoms with Crippen molar-refractivity contribution in [3.8, 4) is 17.2 Å². The first kappa shape index (κ1) is 22.4. The minimum Gasteiger partial charge on any atom is -0.504 e. The molecule has 0 fully saturated rings. The van der Waals surface area contributed by atoms with Crippen molar-refractivity contribution in [1.82, 2.24) is 4.57 Å². The Labute approximate surface area is 211 Å². The summed E-state index contributed by atoms with van der Waals surface area (Å²) < 4.78 is 13.2. The van der Waals surface area contributed by atoms with Gasteiger partial charge in [-0.1, -0.05) is 65.9 Å². The van der Waals surface area contributed by atoms with Crippen molar-refractivity contribution in [3.05, 3.63) is 114 Å². The Kier molecular flexibility index (Phi) is 5.49. The van der Waals surface area contributed by atoms with Crippen LogP contribution in [0.3, 0.4) is 0 Å². The SMILES string of the molecule is COc1ccccc1C1C2=C(N=c3sc(=Cc4cccc(OC)c4O)c(=O)n31)c1ccccc1CC2. The van der Waals surface area contributed by atoms with E-state index in [1.54, 1.807) is 36.0 Å². The Balaban J connectivity index is 1.64. The van der Waals surface area contributed by atoms with Crippen LogP contribution in [0.25, 0.3) is 11.8 Å². The summed E-state index contributed by atoms with van der Waals surface area (Å²) in [4.78, 5) is 19.6. The van der Waals surface area contributed by atoms with E-state index in [1.165, 1.54) is 24.0 Å². The summed E-state index contributed by atoms with van der Waals surface area (Å²) in [6, 6.07) is 21.1. The molecule has 1 aliphatic carbocycles. The maximum Gasteiger partial charge on any atom is 0.271 e. The third-order valence-electron chi connectivity index (χ3n) is 6.84. The Morgan fingerprint density at radius 1 is 0.972 bits per heavy atom. The van der Waals surface area contributed by atoms with Crippen LogP contribution in [0.5, 0.6) is 17.2 Å². The lowest BCUT2D eigenvalue weighted by atomic mass is 9.83. The minimum atomic E-state index is -0.332. The largest absolute Gasteiger partial charge is 0.504 e. The number of aromatic nitrogens is 1. The normalized spacial score (nSPS) is 16.6. The van der Waals surface area contributed by atoms with Crippen LogP contribution in [0.2, 0.25) is 0 Å². The highest BCUT2D eigenvalue weighted by atomic mass is 32.1. The molecular formula is C29H24N2O4S. The third kappa shape index (κ3) is 3.46. The van der Waals surface area contributed by atoms with Gasteiger partial charge in [0.15, 0.2) is 16.3 Å². The van der Waals surface area contributed by atoms with E-state index in [0.717, 1.165) is 41.0 Å². The fourth-order valence-electron chi connectivity index (χ4n) is 5.15. The summed E-state index contributed by atoms with van der Waals surface area (Å²) in [6.45, 7) is 0. The van der Waals surface area contributed by atoms with Crippen LogP contribution < -0.4 is 24.4 Å². The van der Waals surface area contributed by atoms with Gasteiger partial charge < -0.3 is 14.6 Å². The number of nitrogens with zero attached hydrogens (tertiary/aromatic N) is 2. The van der Waals surface area contributed by atoms with Crippen LogP contribution in [0, 0.1) is 0 Å². The van der Waals surface area contributed by atoms with Crippen LogP contribution in [-0.2, 0) is 6.42 Å². The quantitative estimate of drug-likeness (QED) is 0.463. The third-order valence-corrected chi connectivity index (χ3v) is 7.83. The molecule has 4 aromatic rings. The van der Waals surface area contributed by atoms with Crippen molar-refractivity contribution in [2.24, 2.45) is 4.99 Å². The first-order chi connectivity index (χ1) is 17.6. The molecule has 1 aromatic heterocycles. The van der Waals surface area contributed by atoms with E-state index in [4.69, 9.17) is 14.5 Å². The van der Waals surface area contributed by atoms with Crippen molar-refractivity contribution < 1.29 is 14.6 Å². The second-order valence-electron chi connectivity index (χ2n) is 8.75. The Bertz CT molecular complexity index is 1710. The summed E-state index contributed by atoms with van der Waals surface area (Å²) in [5.41, 5.74) is 5.72. The standard InChI is InChI=1S/C29H24N2O4S/c1-34-22-12-6-5-11-20(22)26-21-15-14-17-8-3-4-10-19(17)25(21)30-29-31(26)28(33)24(36-29)16-18-9-7-13-23(35-2)27(18)32/h3-13,16,26,32H,14-15H2,1-2H3. The fourth-order valence-corrected chi connectivity index (χ4v) is 6.14. The number of methoxy groups -OCH3 is 2. The van der Waals surface area contributed by atoms with Crippen LogP contribution in [0.1, 0.15) is 34.7 Å². The van der Waals surface area contributed by atoms with E-state index in [-0.39, 0.29) is 17.4 Å². The summed E-state index contributed by atoms with van der Waals surface area (Å²) in [6.07, 6.45) is 3.40. The van der Waals surface area contributed by atoms with Gasteiger partial charge in [0.05, 0.1) is 30.5 Å². The molecule has 7 heteroatoms.